The lowest BCUT2D eigenvalue weighted by molar-refractivity contribution is 1.34. The minimum atomic E-state index is -0.396. The second-order valence-electron chi connectivity index (χ2n) is 11.3. The molecule has 0 fully saturated rings. The molecule has 7 aromatic carbocycles. The second-order valence-corrected chi connectivity index (χ2v) is 13.9. The van der Waals surface area contributed by atoms with Crippen molar-refractivity contribution in [3.63, 3.8) is 0 Å². The summed E-state index contributed by atoms with van der Waals surface area (Å²) < 4.78 is 10.8. The van der Waals surface area contributed by atoms with Gasteiger partial charge in [-0.15, -0.1) is 22.7 Å². The summed E-state index contributed by atoms with van der Waals surface area (Å²) in [5, 5.41) is 7.28. The molecule has 0 aliphatic rings. The Balaban J connectivity index is 1.19. The fraction of sp³-hybridized carbons (Fsp3) is 0. The fourth-order valence-corrected chi connectivity index (χ4v) is 9.28. The summed E-state index contributed by atoms with van der Waals surface area (Å²) in [6.07, 6.45) is 0. The number of hydrogen-bond acceptors (Lipinski definition) is 11. The molecule has 0 saturated heterocycles. The van der Waals surface area contributed by atoms with Gasteiger partial charge in [0.25, 0.3) is 0 Å². The first-order chi connectivity index (χ1) is 22.9. The quantitative estimate of drug-likeness (QED) is 0.212. The molecule has 0 N–H and O–H groups in total. The van der Waals surface area contributed by atoms with Crippen molar-refractivity contribution in [1.82, 2.24) is 8.75 Å². The Morgan fingerprint density at radius 1 is 0.447 bits per heavy atom. The molecule has 0 amide bonds. The Hall–Kier alpha value is -5.62. The van der Waals surface area contributed by atoms with Crippen LogP contribution in [0.1, 0.15) is 0 Å². The van der Waals surface area contributed by atoms with Crippen LogP contribution in [0.2, 0.25) is 0 Å². The van der Waals surface area contributed by atoms with Crippen molar-refractivity contribution in [1.29, 1.82) is 0 Å². The maximum atomic E-state index is 13.4. The smallest absolute Gasteiger partial charge is 0.216 e. The molecule has 3 heterocycles. The zero-order valence-electron chi connectivity index (χ0n) is 23.7. The Labute approximate surface area is 272 Å². The number of benzene rings is 5. The van der Waals surface area contributed by atoms with Crippen molar-refractivity contribution in [2.24, 2.45) is 9.98 Å². The number of hydrogen-bond donors (Lipinski definition) is 0. The summed E-state index contributed by atoms with van der Waals surface area (Å²) in [5.74, 6) is 0. The Bertz CT molecular complexity index is 2990. The number of rotatable bonds is 2. The van der Waals surface area contributed by atoms with Crippen LogP contribution in [-0.2, 0) is 0 Å². The van der Waals surface area contributed by atoms with Crippen molar-refractivity contribution in [2.75, 3.05) is 0 Å². The average Bonchev–Trinajstić information content (AvgIpc) is 3.90. The monoisotopic (exact) mass is 662 g/mol. The lowest BCUT2D eigenvalue weighted by Crippen LogP contribution is -2.31. The first-order valence-corrected chi connectivity index (χ1v) is 16.8. The zero-order chi connectivity index (χ0) is 31.6. The molecule has 0 atom stereocenters. The minimum absolute atomic E-state index is 0.116. The van der Waals surface area contributed by atoms with Crippen LogP contribution in [0.25, 0.3) is 74.3 Å². The lowest BCUT2D eigenvalue weighted by atomic mass is 10.1. The first-order valence-electron chi connectivity index (χ1n) is 14.5. The highest BCUT2D eigenvalue weighted by molar-refractivity contribution is 7.30. The predicted molar refractivity (Wildman–Crippen MR) is 191 cm³/mol. The summed E-state index contributed by atoms with van der Waals surface area (Å²) in [4.78, 5) is 62.7. The van der Waals surface area contributed by atoms with E-state index < -0.39 is 21.7 Å². The second kappa shape index (κ2) is 9.46. The van der Waals surface area contributed by atoms with Crippen LogP contribution in [0.5, 0.6) is 0 Å². The van der Waals surface area contributed by atoms with E-state index in [1.807, 2.05) is 60.7 Å². The molecule has 0 unspecified atom stereocenters. The van der Waals surface area contributed by atoms with Crippen LogP contribution in [-0.4, -0.2) is 8.75 Å². The SMILES string of the molecule is O=c1c(=Nc2cc3c4nsnc4c4cc(N=c5c(=O)c6cc7ccccc7cc6c5=O)sc4c3s2)c(=O)c2cc3ccccc3cc12. The van der Waals surface area contributed by atoms with E-state index in [2.05, 4.69) is 18.7 Å². The highest BCUT2D eigenvalue weighted by Crippen LogP contribution is 2.46. The Morgan fingerprint density at radius 2 is 0.787 bits per heavy atom. The summed E-state index contributed by atoms with van der Waals surface area (Å²) in [7, 11) is 0. The third-order valence-corrected chi connectivity index (χ3v) is 11.4. The van der Waals surface area contributed by atoms with Crippen LogP contribution in [0.15, 0.2) is 114 Å². The largest absolute Gasteiger partial charge is 0.287 e. The molecule has 10 aromatic rings. The molecule has 10 rings (SSSR count). The minimum Gasteiger partial charge on any atom is -0.287 e. The van der Waals surface area contributed by atoms with Crippen LogP contribution in [0.4, 0.5) is 10.0 Å². The van der Waals surface area contributed by atoms with Crippen molar-refractivity contribution in [3.8, 4) is 0 Å². The molecule has 0 bridgehead atoms. The summed E-state index contributed by atoms with van der Waals surface area (Å²) in [6, 6.07) is 25.9. The van der Waals surface area contributed by atoms with E-state index in [0.717, 1.165) is 53.4 Å². The van der Waals surface area contributed by atoms with Gasteiger partial charge in [-0.25, -0.2) is 9.98 Å². The number of nitrogens with zero attached hydrogens (tertiary/aromatic N) is 4. The van der Waals surface area contributed by atoms with Crippen LogP contribution in [0, 0.1) is 0 Å². The molecule has 47 heavy (non-hydrogen) atoms. The maximum absolute atomic E-state index is 13.4. The molecule has 3 aromatic heterocycles. The number of fused-ring (bicyclic) bond motifs is 10. The molecule has 11 heteroatoms. The van der Waals surface area contributed by atoms with Gasteiger partial charge in [-0.2, -0.15) is 8.75 Å². The normalized spacial score (nSPS) is 12.2. The summed E-state index contributed by atoms with van der Waals surface area (Å²) in [6.45, 7) is 0. The van der Waals surface area contributed by atoms with Gasteiger partial charge < -0.3 is 0 Å². The molecule has 0 spiro atoms. The molecule has 0 aliphatic carbocycles. The molecule has 0 aliphatic heterocycles. The highest BCUT2D eigenvalue weighted by atomic mass is 32.1. The zero-order valence-corrected chi connectivity index (χ0v) is 26.2. The standard InChI is InChI=1S/C36H14N4O4S3/c41-31-19-9-15-5-1-2-6-16(15)10-20(19)32(42)29(31)37-25-13-23-27-28(40-47-39-27)24-14-26(46-36(24)35(23)45-25)38-30-33(43)21-11-17-7-3-4-8-18(17)12-22(21)34(30)44/h1-14H. The van der Waals surface area contributed by atoms with E-state index in [4.69, 9.17) is 0 Å². The number of thiophene rings is 2. The van der Waals surface area contributed by atoms with Gasteiger partial charge in [0.1, 0.15) is 21.0 Å². The van der Waals surface area contributed by atoms with Crippen molar-refractivity contribution >= 4 is 119 Å². The van der Waals surface area contributed by atoms with Crippen molar-refractivity contribution < 1.29 is 0 Å². The molecule has 8 nitrogen and oxygen atoms in total. The third-order valence-electron chi connectivity index (χ3n) is 8.70. The van der Waals surface area contributed by atoms with E-state index in [9.17, 15) is 19.2 Å². The van der Waals surface area contributed by atoms with Gasteiger partial charge in [-0.3, -0.25) is 19.2 Å². The van der Waals surface area contributed by atoms with Gasteiger partial charge in [0.2, 0.25) is 21.7 Å². The van der Waals surface area contributed by atoms with Crippen molar-refractivity contribution in [2.45, 2.75) is 0 Å². The molecular formula is C36H14N4O4S3. The van der Waals surface area contributed by atoms with Gasteiger partial charge >= 0.3 is 0 Å². The van der Waals surface area contributed by atoms with E-state index >= 15 is 0 Å². The molecule has 0 radical (unpaired) electrons. The van der Waals surface area contributed by atoms with Crippen LogP contribution >= 0.6 is 34.4 Å². The van der Waals surface area contributed by atoms with Crippen LogP contribution < -0.4 is 32.4 Å². The average molecular weight is 663 g/mol. The van der Waals surface area contributed by atoms with E-state index in [1.54, 1.807) is 24.3 Å². The fourth-order valence-electron chi connectivity index (χ4n) is 6.47. The third kappa shape index (κ3) is 3.72. The molecule has 220 valence electrons. The van der Waals surface area contributed by atoms with E-state index in [-0.39, 0.29) is 10.7 Å². The van der Waals surface area contributed by atoms with Gasteiger partial charge in [0.15, 0.2) is 10.7 Å². The lowest BCUT2D eigenvalue weighted by Gasteiger charge is -1.96. The van der Waals surface area contributed by atoms with E-state index in [1.165, 1.54) is 22.7 Å². The van der Waals surface area contributed by atoms with Gasteiger partial charge in [0, 0.05) is 32.3 Å². The van der Waals surface area contributed by atoms with Gasteiger partial charge in [-0.05, 0) is 57.9 Å². The predicted octanol–water partition coefficient (Wildman–Crippen LogP) is 6.39. The topological polar surface area (TPSA) is 119 Å². The highest BCUT2D eigenvalue weighted by Gasteiger charge is 2.20. The van der Waals surface area contributed by atoms with Crippen LogP contribution in [0.3, 0.4) is 0 Å². The Morgan fingerprint density at radius 3 is 1.13 bits per heavy atom. The molecule has 0 saturated carbocycles. The summed E-state index contributed by atoms with van der Waals surface area (Å²) in [5.41, 5.74) is -0.243. The molecular weight excluding hydrogens is 649 g/mol. The first kappa shape index (κ1) is 26.6. The maximum Gasteiger partial charge on any atom is 0.216 e. The van der Waals surface area contributed by atoms with Crippen molar-refractivity contribution in [3.05, 3.63) is 137 Å². The van der Waals surface area contributed by atoms with Gasteiger partial charge in [-0.1, -0.05) is 48.5 Å². The summed E-state index contributed by atoms with van der Waals surface area (Å²) >= 11 is 3.75. The van der Waals surface area contributed by atoms with Gasteiger partial charge in [0.05, 0.1) is 21.1 Å². The van der Waals surface area contributed by atoms with E-state index in [0.29, 0.717) is 42.6 Å². The number of aromatic nitrogens is 2. The Kier molecular flexibility index (Phi) is 5.35.